The van der Waals surface area contributed by atoms with E-state index in [1.165, 1.54) is 0 Å². The maximum atomic E-state index is 14.4. The standard InChI is InChI=1S/C22H19BrNO4P/c23-17-13-11-16(12-14-17)20(24-27)15-21(22(25)26)29(28,18-7-3-1-4-8-18)19-9-5-2-6-10-19/h1-14,21,27H,15H2,(H,25,26)/b24-20+. The molecule has 3 aromatic rings. The number of hydrogen-bond donors (Lipinski definition) is 2. The molecule has 0 spiro atoms. The molecule has 148 valence electrons. The van der Waals surface area contributed by atoms with Crippen LogP contribution in [0.3, 0.4) is 0 Å². The van der Waals surface area contributed by atoms with E-state index in [0.29, 0.717) is 16.2 Å². The number of oxime groups is 1. The summed E-state index contributed by atoms with van der Waals surface area (Å²) < 4.78 is 15.2. The van der Waals surface area contributed by atoms with Gasteiger partial charge < -0.3 is 14.9 Å². The van der Waals surface area contributed by atoms with Crippen molar-refractivity contribution < 1.29 is 19.7 Å². The third-order valence-electron chi connectivity index (χ3n) is 4.69. The molecule has 3 aromatic carbocycles. The predicted molar refractivity (Wildman–Crippen MR) is 118 cm³/mol. The fourth-order valence-corrected chi connectivity index (χ4v) is 6.47. The van der Waals surface area contributed by atoms with Crippen LogP contribution in [0.25, 0.3) is 0 Å². The van der Waals surface area contributed by atoms with Crippen LogP contribution in [0, 0.1) is 0 Å². The number of benzene rings is 3. The molecule has 1 atom stereocenters. The molecular weight excluding hydrogens is 453 g/mol. The van der Waals surface area contributed by atoms with Crippen molar-refractivity contribution in [2.45, 2.75) is 12.1 Å². The monoisotopic (exact) mass is 471 g/mol. The van der Waals surface area contributed by atoms with Gasteiger partial charge in [0.1, 0.15) is 5.66 Å². The SMILES string of the molecule is O=C(O)C(C/C(=N\O)c1ccc(Br)cc1)P(=O)(c1ccccc1)c1ccccc1. The van der Waals surface area contributed by atoms with E-state index in [0.717, 1.165) is 4.47 Å². The molecule has 0 saturated heterocycles. The zero-order valence-electron chi connectivity index (χ0n) is 15.4. The van der Waals surface area contributed by atoms with E-state index in [4.69, 9.17) is 0 Å². The Morgan fingerprint density at radius 2 is 1.38 bits per heavy atom. The normalized spacial score (nSPS) is 13.1. The van der Waals surface area contributed by atoms with E-state index in [1.54, 1.807) is 84.9 Å². The Kier molecular flexibility index (Phi) is 6.68. The zero-order valence-corrected chi connectivity index (χ0v) is 17.8. The van der Waals surface area contributed by atoms with E-state index in [-0.39, 0.29) is 12.1 Å². The van der Waals surface area contributed by atoms with Gasteiger partial charge in [0.2, 0.25) is 0 Å². The van der Waals surface area contributed by atoms with Crippen molar-refractivity contribution in [2.75, 3.05) is 0 Å². The van der Waals surface area contributed by atoms with E-state index in [2.05, 4.69) is 21.1 Å². The first-order valence-corrected chi connectivity index (χ1v) is 11.4. The number of halogens is 1. The van der Waals surface area contributed by atoms with Crippen LogP contribution in [0.4, 0.5) is 0 Å². The first kappa shape index (κ1) is 21.0. The molecule has 0 amide bonds. The molecule has 7 heteroatoms. The van der Waals surface area contributed by atoms with Gasteiger partial charge in [0.15, 0.2) is 7.14 Å². The minimum atomic E-state index is -3.59. The number of nitrogens with zero attached hydrogens (tertiary/aromatic N) is 1. The molecule has 29 heavy (non-hydrogen) atoms. The summed E-state index contributed by atoms with van der Waals surface area (Å²) in [4.78, 5) is 12.3. The molecule has 5 nitrogen and oxygen atoms in total. The number of rotatable bonds is 7. The summed E-state index contributed by atoms with van der Waals surface area (Å²) in [6.07, 6.45) is -0.186. The molecule has 2 N–H and O–H groups in total. The second-order valence-corrected chi connectivity index (χ2v) is 10.3. The summed E-state index contributed by atoms with van der Waals surface area (Å²) in [6, 6.07) is 24.2. The minimum Gasteiger partial charge on any atom is -0.481 e. The number of carboxylic acids is 1. The molecule has 0 aliphatic rings. The molecule has 0 bridgehead atoms. The van der Waals surface area contributed by atoms with Gasteiger partial charge in [-0.15, -0.1) is 0 Å². The number of carbonyl (C=O) groups is 1. The van der Waals surface area contributed by atoms with Crippen molar-refractivity contribution in [1.82, 2.24) is 0 Å². The van der Waals surface area contributed by atoms with Crippen molar-refractivity contribution >= 4 is 45.4 Å². The highest BCUT2D eigenvalue weighted by Gasteiger charge is 2.42. The Balaban J connectivity index is 2.12. The second kappa shape index (κ2) is 9.21. The van der Waals surface area contributed by atoms with Gasteiger partial charge in [-0.2, -0.15) is 0 Å². The van der Waals surface area contributed by atoms with Crippen LogP contribution in [0.2, 0.25) is 0 Å². The molecule has 0 aliphatic heterocycles. The molecule has 1 unspecified atom stereocenters. The Morgan fingerprint density at radius 3 is 1.79 bits per heavy atom. The lowest BCUT2D eigenvalue weighted by Gasteiger charge is -2.26. The van der Waals surface area contributed by atoms with Crippen molar-refractivity contribution in [1.29, 1.82) is 0 Å². The van der Waals surface area contributed by atoms with Crippen LogP contribution in [0.1, 0.15) is 12.0 Å². The topological polar surface area (TPSA) is 87.0 Å². The highest BCUT2D eigenvalue weighted by atomic mass is 79.9. The Bertz CT molecular complexity index is 1010. The first-order chi connectivity index (χ1) is 14.0. The Hall–Kier alpha value is -2.69. The summed E-state index contributed by atoms with van der Waals surface area (Å²) in [5.41, 5.74) is -0.562. The quantitative estimate of drug-likeness (QED) is 0.230. The van der Waals surface area contributed by atoms with Gasteiger partial charge in [0.05, 0.1) is 5.71 Å². The molecule has 0 radical (unpaired) electrons. The smallest absolute Gasteiger partial charge is 0.315 e. The van der Waals surface area contributed by atoms with Gasteiger partial charge in [0, 0.05) is 21.5 Å². The number of carboxylic acid groups (broad SMARTS) is 1. The van der Waals surface area contributed by atoms with E-state index >= 15 is 0 Å². The average Bonchev–Trinajstić information content (AvgIpc) is 2.76. The third-order valence-corrected chi connectivity index (χ3v) is 8.63. The van der Waals surface area contributed by atoms with E-state index < -0.39 is 18.8 Å². The summed E-state index contributed by atoms with van der Waals surface area (Å²) in [5.74, 6) is -1.21. The molecule has 0 aromatic heterocycles. The van der Waals surface area contributed by atoms with Gasteiger partial charge in [-0.05, 0) is 17.7 Å². The molecule has 0 heterocycles. The summed E-state index contributed by atoms with van der Waals surface area (Å²) in [7, 11) is -3.59. The predicted octanol–water partition coefficient (Wildman–Crippen LogP) is 4.48. The van der Waals surface area contributed by atoms with E-state index in [9.17, 15) is 19.7 Å². The zero-order chi connectivity index (χ0) is 20.9. The van der Waals surface area contributed by atoms with Gasteiger partial charge in [-0.25, -0.2) is 0 Å². The fourth-order valence-electron chi connectivity index (χ4n) is 3.22. The summed E-state index contributed by atoms with van der Waals surface area (Å²) in [5, 5.41) is 23.9. The lowest BCUT2D eigenvalue weighted by Crippen LogP contribution is -2.33. The van der Waals surface area contributed by atoms with Crippen molar-refractivity contribution in [2.24, 2.45) is 5.16 Å². The van der Waals surface area contributed by atoms with E-state index in [1.807, 2.05) is 0 Å². The molecule has 0 saturated carbocycles. The van der Waals surface area contributed by atoms with Gasteiger partial charge >= 0.3 is 5.97 Å². The van der Waals surface area contributed by atoms with Crippen LogP contribution in [-0.2, 0) is 9.36 Å². The van der Waals surface area contributed by atoms with Crippen LogP contribution in [-0.4, -0.2) is 27.7 Å². The summed E-state index contributed by atoms with van der Waals surface area (Å²) in [6.45, 7) is 0. The van der Waals surface area contributed by atoms with Gasteiger partial charge in [-0.3, -0.25) is 4.79 Å². The Morgan fingerprint density at radius 1 is 0.897 bits per heavy atom. The molecule has 3 rings (SSSR count). The first-order valence-electron chi connectivity index (χ1n) is 8.87. The second-order valence-electron chi connectivity index (χ2n) is 6.44. The summed E-state index contributed by atoms with van der Waals surface area (Å²) >= 11 is 3.34. The van der Waals surface area contributed by atoms with Crippen LogP contribution in [0.15, 0.2) is 94.6 Å². The van der Waals surface area contributed by atoms with Crippen LogP contribution >= 0.6 is 23.1 Å². The number of hydrogen-bond acceptors (Lipinski definition) is 4. The molecular formula is C22H19BrNO4P. The molecule has 0 fully saturated rings. The molecule has 0 aliphatic carbocycles. The minimum absolute atomic E-state index is 0.164. The maximum absolute atomic E-state index is 14.4. The lowest BCUT2D eigenvalue weighted by molar-refractivity contribution is -0.136. The average molecular weight is 472 g/mol. The van der Waals surface area contributed by atoms with Gasteiger partial charge in [0.25, 0.3) is 0 Å². The fraction of sp³-hybridized carbons (Fsp3) is 0.0909. The third kappa shape index (κ3) is 4.50. The Labute approximate surface area is 177 Å². The van der Waals surface area contributed by atoms with Crippen molar-refractivity contribution in [3.05, 3.63) is 95.0 Å². The van der Waals surface area contributed by atoms with Crippen LogP contribution in [0.5, 0.6) is 0 Å². The van der Waals surface area contributed by atoms with Gasteiger partial charge in [-0.1, -0.05) is 93.9 Å². The van der Waals surface area contributed by atoms with Crippen molar-refractivity contribution in [3.63, 3.8) is 0 Å². The number of aliphatic carboxylic acids is 1. The maximum Gasteiger partial charge on any atom is 0.315 e. The van der Waals surface area contributed by atoms with Crippen LogP contribution < -0.4 is 10.6 Å². The lowest BCUT2D eigenvalue weighted by atomic mass is 10.1. The highest BCUT2D eigenvalue weighted by Crippen LogP contribution is 2.50. The van der Waals surface area contributed by atoms with Crippen molar-refractivity contribution in [3.8, 4) is 0 Å². The largest absolute Gasteiger partial charge is 0.481 e. The highest BCUT2D eigenvalue weighted by molar-refractivity contribution is 9.10.